The quantitative estimate of drug-likeness (QED) is 0.930. The van der Waals surface area contributed by atoms with E-state index in [1.54, 1.807) is 11.7 Å². The van der Waals surface area contributed by atoms with E-state index in [1.165, 1.54) is 11.1 Å². The van der Waals surface area contributed by atoms with Crippen molar-refractivity contribution in [3.8, 4) is 0 Å². The van der Waals surface area contributed by atoms with Crippen LogP contribution in [-0.2, 0) is 13.5 Å². The molecule has 0 spiro atoms. The Kier molecular flexibility index (Phi) is 4.55. The Hall–Kier alpha value is -2.44. The molecule has 0 radical (unpaired) electrons. The van der Waals surface area contributed by atoms with Crippen LogP contribution >= 0.6 is 0 Å². The van der Waals surface area contributed by atoms with E-state index in [9.17, 15) is 4.79 Å². The Morgan fingerprint density at radius 2 is 2.22 bits per heavy atom. The molecule has 122 valence electrons. The van der Waals surface area contributed by atoms with Gasteiger partial charge in [0.1, 0.15) is 0 Å². The molecule has 3 rings (SSSR count). The highest BCUT2D eigenvalue weighted by Gasteiger charge is 2.30. The van der Waals surface area contributed by atoms with Crippen LogP contribution in [0.4, 0.5) is 4.79 Å². The van der Waals surface area contributed by atoms with Gasteiger partial charge in [-0.25, -0.2) is 9.48 Å². The molecule has 7 heteroatoms. The maximum absolute atomic E-state index is 12.5. The third-order valence-electron chi connectivity index (χ3n) is 4.39. The SMILES string of the molecule is Cc1ccccc1C1CCCN1C(=O)NCCc1nnnn1C. The largest absolute Gasteiger partial charge is 0.338 e. The summed E-state index contributed by atoms with van der Waals surface area (Å²) in [5.74, 6) is 0.766. The highest BCUT2D eigenvalue weighted by Crippen LogP contribution is 2.33. The standard InChI is InChI=1S/C16H22N6O/c1-12-6-3-4-7-13(12)14-8-5-11-22(14)16(23)17-10-9-15-18-19-20-21(15)2/h3-4,6-7,14H,5,8-11H2,1-2H3,(H,17,23). The summed E-state index contributed by atoms with van der Waals surface area (Å²) in [5, 5.41) is 14.3. The first-order chi connectivity index (χ1) is 11.2. The van der Waals surface area contributed by atoms with Gasteiger partial charge in [-0.15, -0.1) is 5.10 Å². The van der Waals surface area contributed by atoms with Crippen LogP contribution in [0.15, 0.2) is 24.3 Å². The van der Waals surface area contributed by atoms with Crippen LogP contribution in [0.3, 0.4) is 0 Å². The fourth-order valence-corrected chi connectivity index (χ4v) is 3.14. The van der Waals surface area contributed by atoms with Crippen LogP contribution < -0.4 is 5.32 Å². The number of carbonyl (C=O) groups is 1. The Labute approximate surface area is 135 Å². The summed E-state index contributed by atoms with van der Waals surface area (Å²) in [6.07, 6.45) is 2.68. The Bertz CT molecular complexity index is 683. The lowest BCUT2D eigenvalue weighted by Crippen LogP contribution is -2.40. The number of aryl methyl sites for hydroxylation is 2. The van der Waals surface area contributed by atoms with Crippen molar-refractivity contribution in [1.82, 2.24) is 30.4 Å². The number of tetrazole rings is 1. The predicted molar refractivity (Wildman–Crippen MR) is 85.8 cm³/mol. The lowest BCUT2D eigenvalue weighted by Gasteiger charge is -2.26. The zero-order valence-electron chi connectivity index (χ0n) is 13.6. The average molecular weight is 314 g/mol. The first kappa shape index (κ1) is 15.5. The van der Waals surface area contributed by atoms with Gasteiger partial charge in [0.15, 0.2) is 5.82 Å². The van der Waals surface area contributed by atoms with Gasteiger partial charge < -0.3 is 10.2 Å². The van der Waals surface area contributed by atoms with Crippen molar-refractivity contribution in [2.75, 3.05) is 13.1 Å². The summed E-state index contributed by atoms with van der Waals surface area (Å²) < 4.78 is 1.62. The van der Waals surface area contributed by atoms with Gasteiger partial charge in [0.2, 0.25) is 0 Å². The van der Waals surface area contributed by atoms with Crippen LogP contribution in [0.25, 0.3) is 0 Å². The molecule has 23 heavy (non-hydrogen) atoms. The summed E-state index contributed by atoms with van der Waals surface area (Å²) >= 11 is 0. The summed E-state index contributed by atoms with van der Waals surface area (Å²) in [5.41, 5.74) is 2.49. The molecule has 1 unspecified atom stereocenters. The van der Waals surface area contributed by atoms with E-state index in [2.05, 4.69) is 39.9 Å². The molecule has 7 nitrogen and oxygen atoms in total. The summed E-state index contributed by atoms with van der Waals surface area (Å²) in [6.45, 7) is 3.44. The molecule has 2 amide bonds. The third kappa shape index (κ3) is 3.33. The smallest absolute Gasteiger partial charge is 0.317 e. The first-order valence-electron chi connectivity index (χ1n) is 7.98. The minimum Gasteiger partial charge on any atom is -0.338 e. The van der Waals surface area contributed by atoms with Crippen molar-refractivity contribution < 1.29 is 4.79 Å². The number of likely N-dealkylation sites (tertiary alicyclic amines) is 1. The number of nitrogens with zero attached hydrogens (tertiary/aromatic N) is 5. The zero-order valence-corrected chi connectivity index (χ0v) is 13.6. The minimum absolute atomic E-state index is 0.00844. The molecule has 1 saturated heterocycles. The second-order valence-electron chi connectivity index (χ2n) is 5.91. The van der Waals surface area contributed by atoms with Gasteiger partial charge >= 0.3 is 6.03 Å². The number of aromatic nitrogens is 4. The van der Waals surface area contributed by atoms with E-state index in [0.29, 0.717) is 13.0 Å². The molecule has 1 aliphatic heterocycles. The molecule has 1 aromatic heterocycles. The van der Waals surface area contributed by atoms with E-state index >= 15 is 0 Å². The van der Waals surface area contributed by atoms with Crippen LogP contribution in [-0.4, -0.2) is 44.2 Å². The maximum Gasteiger partial charge on any atom is 0.317 e. The lowest BCUT2D eigenvalue weighted by molar-refractivity contribution is 0.193. The monoisotopic (exact) mass is 314 g/mol. The normalized spacial score (nSPS) is 17.5. The van der Waals surface area contributed by atoms with Crippen molar-refractivity contribution in [3.05, 3.63) is 41.2 Å². The number of nitrogens with one attached hydrogen (secondary N) is 1. The van der Waals surface area contributed by atoms with Crippen LogP contribution in [0, 0.1) is 6.92 Å². The van der Waals surface area contributed by atoms with E-state index in [0.717, 1.165) is 25.2 Å². The van der Waals surface area contributed by atoms with E-state index in [1.807, 2.05) is 17.0 Å². The molecule has 1 aromatic carbocycles. The van der Waals surface area contributed by atoms with Gasteiger partial charge in [-0.1, -0.05) is 24.3 Å². The summed E-state index contributed by atoms with van der Waals surface area (Å²) in [7, 11) is 1.80. The summed E-state index contributed by atoms with van der Waals surface area (Å²) in [4.78, 5) is 14.5. The molecule has 0 aliphatic carbocycles. The maximum atomic E-state index is 12.5. The minimum atomic E-state index is -0.00844. The van der Waals surface area contributed by atoms with Crippen molar-refractivity contribution in [3.63, 3.8) is 0 Å². The molecule has 1 fully saturated rings. The van der Waals surface area contributed by atoms with E-state index in [-0.39, 0.29) is 12.1 Å². The second-order valence-corrected chi connectivity index (χ2v) is 5.91. The molecular weight excluding hydrogens is 292 g/mol. The van der Waals surface area contributed by atoms with Gasteiger partial charge in [-0.2, -0.15) is 0 Å². The number of hydrogen-bond acceptors (Lipinski definition) is 4. The van der Waals surface area contributed by atoms with Gasteiger partial charge in [0.25, 0.3) is 0 Å². The molecule has 0 bridgehead atoms. The summed E-state index contributed by atoms with van der Waals surface area (Å²) in [6, 6.07) is 8.46. The number of benzene rings is 1. The second kappa shape index (κ2) is 6.76. The number of rotatable bonds is 4. The van der Waals surface area contributed by atoms with Crippen LogP contribution in [0.2, 0.25) is 0 Å². The topological polar surface area (TPSA) is 75.9 Å². The van der Waals surface area contributed by atoms with Gasteiger partial charge in [-0.3, -0.25) is 0 Å². The number of hydrogen-bond donors (Lipinski definition) is 1. The van der Waals surface area contributed by atoms with Crippen molar-refractivity contribution in [2.24, 2.45) is 7.05 Å². The van der Waals surface area contributed by atoms with Crippen molar-refractivity contribution in [2.45, 2.75) is 32.2 Å². The molecule has 0 saturated carbocycles. The fraction of sp³-hybridized carbons (Fsp3) is 0.500. The van der Waals surface area contributed by atoms with E-state index < -0.39 is 0 Å². The fourth-order valence-electron chi connectivity index (χ4n) is 3.14. The highest BCUT2D eigenvalue weighted by molar-refractivity contribution is 5.75. The number of urea groups is 1. The number of carbonyl (C=O) groups excluding carboxylic acids is 1. The Morgan fingerprint density at radius 1 is 1.39 bits per heavy atom. The van der Waals surface area contributed by atoms with Gasteiger partial charge in [-0.05, 0) is 41.3 Å². The molecular formula is C16H22N6O. The molecule has 2 heterocycles. The van der Waals surface area contributed by atoms with Gasteiger partial charge in [0, 0.05) is 26.6 Å². The first-order valence-corrected chi connectivity index (χ1v) is 7.98. The predicted octanol–water partition coefficient (Wildman–Crippen LogP) is 1.61. The molecule has 1 N–H and O–H groups in total. The molecule has 1 aliphatic rings. The van der Waals surface area contributed by atoms with Crippen molar-refractivity contribution >= 4 is 6.03 Å². The van der Waals surface area contributed by atoms with Crippen LogP contribution in [0.1, 0.15) is 35.8 Å². The van der Waals surface area contributed by atoms with E-state index in [4.69, 9.17) is 0 Å². The van der Waals surface area contributed by atoms with Gasteiger partial charge in [0.05, 0.1) is 6.04 Å². The van der Waals surface area contributed by atoms with Crippen LogP contribution in [0.5, 0.6) is 0 Å². The Morgan fingerprint density at radius 3 is 2.96 bits per heavy atom. The third-order valence-corrected chi connectivity index (χ3v) is 4.39. The molecule has 1 atom stereocenters. The lowest BCUT2D eigenvalue weighted by atomic mass is 9.99. The zero-order chi connectivity index (χ0) is 16.2. The molecule has 2 aromatic rings. The average Bonchev–Trinajstić information content (AvgIpc) is 3.17. The number of amides is 2. The highest BCUT2D eigenvalue weighted by atomic mass is 16.2. The Balaban J connectivity index is 1.60. The van der Waals surface area contributed by atoms with Crippen molar-refractivity contribution in [1.29, 1.82) is 0 Å².